The molecule has 0 saturated carbocycles. The van der Waals surface area contributed by atoms with Crippen molar-refractivity contribution in [1.82, 2.24) is 5.32 Å². The van der Waals surface area contributed by atoms with Gasteiger partial charge in [0.25, 0.3) is 0 Å². The average Bonchev–Trinajstić information content (AvgIpc) is 1.83. The summed E-state index contributed by atoms with van der Waals surface area (Å²) in [7, 11) is 0. The third kappa shape index (κ3) is 3.35. The Morgan fingerprint density at radius 1 is 1.75 bits per heavy atom. The number of nitrogens with two attached hydrogens (primary N) is 1. The van der Waals surface area contributed by atoms with E-state index in [-0.39, 0.29) is 0 Å². The minimum atomic E-state index is 0.450. The van der Waals surface area contributed by atoms with Crippen molar-refractivity contribution in [3.05, 3.63) is 0 Å². The second-order valence-electron chi connectivity index (χ2n) is 1.72. The highest BCUT2D eigenvalue weighted by Gasteiger charge is 1.89. The summed E-state index contributed by atoms with van der Waals surface area (Å²) in [6, 6.07) is 5.30. The fourth-order valence-corrected chi connectivity index (χ4v) is 0.267. The van der Waals surface area contributed by atoms with Crippen LogP contribution in [0.1, 0.15) is 20.3 Å². The lowest BCUT2D eigenvalue weighted by Gasteiger charge is -2.03. The van der Waals surface area contributed by atoms with Crippen molar-refractivity contribution in [1.29, 1.82) is 0 Å². The predicted molar refractivity (Wildman–Crippen MR) is 34.9 cm³/mol. The van der Waals surface area contributed by atoms with E-state index in [4.69, 9.17) is 5.73 Å². The number of hydrogen-bond donors (Lipinski definition) is 2. The molecular formula is C6H12N2. The molecule has 0 heterocycles. The van der Waals surface area contributed by atoms with E-state index in [2.05, 4.69) is 31.3 Å². The second-order valence-corrected chi connectivity index (χ2v) is 1.72. The molecule has 0 aromatic carbocycles. The van der Waals surface area contributed by atoms with E-state index in [1.807, 2.05) is 0 Å². The maximum absolute atomic E-state index is 4.91. The molecule has 0 radical (unpaired) electrons. The topological polar surface area (TPSA) is 38.0 Å². The van der Waals surface area contributed by atoms with Gasteiger partial charge >= 0.3 is 0 Å². The van der Waals surface area contributed by atoms with E-state index in [1.54, 1.807) is 0 Å². The molecule has 0 bridgehead atoms. The van der Waals surface area contributed by atoms with Gasteiger partial charge in [0.1, 0.15) is 0 Å². The molecular weight excluding hydrogens is 100 g/mol. The normalized spacial score (nSPS) is 11.2. The van der Waals surface area contributed by atoms with E-state index in [9.17, 15) is 0 Å². The van der Waals surface area contributed by atoms with Gasteiger partial charge in [-0.1, -0.05) is 6.92 Å². The van der Waals surface area contributed by atoms with Gasteiger partial charge in [-0.05, 0) is 13.3 Å². The third-order valence-corrected chi connectivity index (χ3v) is 1.00. The zero-order chi connectivity index (χ0) is 6.41. The molecule has 0 spiro atoms. The largest absolute Gasteiger partial charge is 0.358 e. The molecule has 0 aliphatic carbocycles. The average molecular weight is 112 g/mol. The van der Waals surface area contributed by atoms with E-state index in [0.717, 1.165) is 6.42 Å². The summed E-state index contributed by atoms with van der Waals surface area (Å²) in [5.41, 5.74) is 4.91. The molecule has 0 aliphatic rings. The lowest BCUT2D eigenvalue weighted by molar-refractivity contribution is 0.632. The standard InChI is InChI=1S/C6H12N2/c1-3-6(2)8-5-4-7/h6,8H,3,7H2,1-2H3. The third-order valence-electron chi connectivity index (χ3n) is 1.00. The lowest BCUT2D eigenvalue weighted by atomic mass is 10.3. The Morgan fingerprint density at radius 3 is 2.75 bits per heavy atom. The van der Waals surface area contributed by atoms with Crippen molar-refractivity contribution < 1.29 is 0 Å². The summed E-state index contributed by atoms with van der Waals surface area (Å²) in [5, 5.41) is 2.90. The lowest BCUT2D eigenvalue weighted by Crippen LogP contribution is -2.19. The summed E-state index contributed by atoms with van der Waals surface area (Å²) in [5.74, 6) is 0. The second kappa shape index (κ2) is 4.32. The van der Waals surface area contributed by atoms with Crippen LogP contribution in [0.25, 0.3) is 0 Å². The molecule has 0 saturated heterocycles. The first-order chi connectivity index (χ1) is 3.81. The molecule has 0 aromatic rings. The highest BCUT2D eigenvalue weighted by atomic mass is 14.9. The molecule has 0 aliphatic heterocycles. The zero-order valence-corrected chi connectivity index (χ0v) is 5.36. The van der Waals surface area contributed by atoms with Crippen LogP contribution < -0.4 is 11.1 Å². The first-order valence-corrected chi connectivity index (χ1v) is 2.77. The molecule has 0 amide bonds. The van der Waals surface area contributed by atoms with Gasteiger partial charge in [-0.2, -0.15) is 0 Å². The molecule has 8 heavy (non-hydrogen) atoms. The maximum Gasteiger partial charge on any atom is 0.0310 e. The van der Waals surface area contributed by atoms with Gasteiger partial charge in [-0.25, -0.2) is 0 Å². The Kier molecular flexibility index (Phi) is 3.87. The summed E-state index contributed by atoms with van der Waals surface area (Å²) >= 11 is 0. The van der Waals surface area contributed by atoms with Crippen LogP contribution in [0.3, 0.4) is 0 Å². The van der Waals surface area contributed by atoms with Crippen LogP contribution >= 0.6 is 0 Å². The molecule has 3 N–H and O–H groups in total. The Hall–Kier alpha value is -0.840. The number of nitrogens with one attached hydrogen (secondary N) is 1. The van der Waals surface area contributed by atoms with Crippen LogP contribution in [0.5, 0.6) is 0 Å². The van der Waals surface area contributed by atoms with Gasteiger partial charge < -0.3 is 11.1 Å². The monoisotopic (exact) mass is 112 g/mol. The summed E-state index contributed by atoms with van der Waals surface area (Å²) < 4.78 is 0. The molecule has 2 heteroatoms. The van der Waals surface area contributed by atoms with E-state index < -0.39 is 0 Å². The fraction of sp³-hybridized carbons (Fsp3) is 0.667. The van der Waals surface area contributed by atoms with Gasteiger partial charge in [0.15, 0.2) is 0 Å². The highest BCUT2D eigenvalue weighted by Crippen LogP contribution is 1.83. The molecule has 0 rings (SSSR count). The first kappa shape index (κ1) is 7.16. The van der Waals surface area contributed by atoms with Crippen LogP contribution in [-0.2, 0) is 0 Å². The summed E-state index contributed by atoms with van der Waals surface area (Å²) in [6.07, 6.45) is 1.08. The van der Waals surface area contributed by atoms with Gasteiger partial charge in [-0.3, -0.25) is 0 Å². The van der Waals surface area contributed by atoms with Gasteiger partial charge in [0.2, 0.25) is 0 Å². The van der Waals surface area contributed by atoms with E-state index in [0.29, 0.717) is 6.04 Å². The van der Waals surface area contributed by atoms with E-state index in [1.165, 1.54) is 0 Å². The molecule has 1 unspecified atom stereocenters. The van der Waals surface area contributed by atoms with Gasteiger partial charge in [-0.15, -0.1) is 0 Å². The van der Waals surface area contributed by atoms with Gasteiger partial charge in [0, 0.05) is 18.1 Å². The van der Waals surface area contributed by atoms with Crippen molar-refractivity contribution in [2.75, 3.05) is 0 Å². The first-order valence-electron chi connectivity index (χ1n) is 2.77. The summed E-state index contributed by atoms with van der Waals surface area (Å²) in [6.45, 7) is 4.15. The minimum Gasteiger partial charge on any atom is -0.358 e. The Labute approximate surface area is 50.5 Å². The molecule has 0 fully saturated rings. The maximum atomic E-state index is 4.91. The fourth-order valence-electron chi connectivity index (χ4n) is 0.267. The van der Waals surface area contributed by atoms with Crippen molar-refractivity contribution >= 4 is 0 Å². The van der Waals surface area contributed by atoms with E-state index >= 15 is 0 Å². The van der Waals surface area contributed by atoms with Crippen LogP contribution in [0.4, 0.5) is 0 Å². The molecule has 2 nitrogen and oxygen atoms in total. The highest BCUT2D eigenvalue weighted by molar-refractivity contribution is 4.92. The summed E-state index contributed by atoms with van der Waals surface area (Å²) in [4.78, 5) is 0. The van der Waals surface area contributed by atoms with Crippen LogP contribution in [-0.4, -0.2) is 6.04 Å². The Morgan fingerprint density at radius 2 is 2.38 bits per heavy atom. The van der Waals surface area contributed by atoms with Crippen LogP contribution in [0.15, 0.2) is 0 Å². The smallest absolute Gasteiger partial charge is 0.0310 e. The van der Waals surface area contributed by atoms with Crippen LogP contribution in [0.2, 0.25) is 0 Å². The molecule has 1 atom stereocenters. The number of rotatable bonds is 2. The number of hydrogen-bond acceptors (Lipinski definition) is 2. The van der Waals surface area contributed by atoms with Crippen molar-refractivity contribution in [2.45, 2.75) is 26.3 Å². The molecule has 46 valence electrons. The SMILES string of the molecule is CCC(C)NC#CN. The van der Waals surface area contributed by atoms with Crippen molar-refractivity contribution in [3.8, 4) is 12.1 Å². The zero-order valence-electron chi connectivity index (χ0n) is 5.36. The Balaban J connectivity index is 3.19. The van der Waals surface area contributed by atoms with Gasteiger partial charge in [0.05, 0.1) is 0 Å². The predicted octanol–water partition coefficient (Wildman–Crippen LogP) is 0.252. The molecule has 0 aromatic heterocycles. The Bertz CT molecular complexity index is 98.8. The minimum absolute atomic E-state index is 0.450. The van der Waals surface area contributed by atoms with Crippen molar-refractivity contribution in [3.63, 3.8) is 0 Å². The van der Waals surface area contributed by atoms with Crippen LogP contribution in [0, 0.1) is 12.1 Å². The van der Waals surface area contributed by atoms with Crippen molar-refractivity contribution in [2.24, 2.45) is 5.73 Å². The quantitative estimate of drug-likeness (QED) is 0.397.